The SMILES string of the molecule is CCNC(=NCC(c1ccccc1)N1CCC(C)CC1)N1CC[C@@H](O)C1. The average molecular weight is 359 g/mol. The third-order valence-electron chi connectivity index (χ3n) is 5.66. The number of aliphatic hydroxyl groups excluding tert-OH is 1. The van der Waals surface area contributed by atoms with Crippen LogP contribution in [0.25, 0.3) is 0 Å². The average Bonchev–Trinajstić information content (AvgIpc) is 3.09. The number of β-amino-alcohol motifs (C(OH)–C–C–N with tert-alkyl or cyclic N) is 1. The van der Waals surface area contributed by atoms with E-state index in [-0.39, 0.29) is 6.10 Å². The molecular weight excluding hydrogens is 324 g/mol. The van der Waals surface area contributed by atoms with E-state index >= 15 is 0 Å². The number of benzene rings is 1. The van der Waals surface area contributed by atoms with Gasteiger partial charge in [-0.05, 0) is 50.8 Å². The molecule has 2 atom stereocenters. The van der Waals surface area contributed by atoms with Crippen LogP contribution in [-0.2, 0) is 0 Å². The van der Waals surface area contributed by atoms with Crippen molar-refractivity contribution in [3.8, 4) is 0 Å². The highest BCUT2D eigenvalue weighted by Crippen LogP contribution is 2.27. The van der Waals surface area contributed by atoms with Gasteiger partial charge in [-0.3, -0.25) is 9.89 Å². The first-order valence-corrected chi connectivity index (χ1v) is 10.2. The zero-order valence-corrected chi connectivity index (χ0v) is 16.3. The molecule has 0 aliphatic carbocycles. The van der Waals surface area contributed by atoms with Crippen molar-refractivity contribution in [2.75, 3.05) is 39.3 Å². The second kappa shape index (κ2) is 9.38. The monoisotopic (exact) mass is 358 g/mol. The fourth-order valence-electron chi connectivity index (χ4n) is 3.98. The molecule has 2 fully saturated rings. The molecule has 2 saturated heterocycles. The van der Waals surface area contributed by atoms with Crippen molar-refractivity contribution in [1.29, 1.82) is 0 Å². The quantitative estimate of drug-likeness (QED) is 0.627. The molecule has 5 heteroatoms. The molecule has 3 rings (SSSR count). The predicted octanol–water partition coefficient (Wildman–Crippen LogP) is 2.49. The molecule has 0 bridgehead atoms. The van der Waals surface area contributed by atoms with E-state index in [4.69, 9.17) is 4.99 Å². The summed E-state index contributed by atoms with van der Waals surface area (Å²) in [6.07, 6.45) is 3.14. The lowest BCUT2D eigenvalue weighted by molar-refractivity contribution is 0.141. The number of nitrogens with one attached hydrogen (secondary N) is 1. The Bertz CT molecular complexity index is 569. The van der Waals surface area contributed by atoms with E-state index in [1.807, 2.05) is 0 Å². The first-order valence-electron chi connectivity index (χ1n) is 10.2. The summed E-state index contributed by atoms with van der Waals surface area (Å²) in [6, 6.07) is 11.1. The van der Waals surface area contributed by atoms with E-state index in [1.165, 1.54) is 18.4 Å². The van der Waals surface area contributed by atoms with Gasteiger partial charge in [-0.25, -0.2) is 0 Å². The summed E-state index contributed by atoms with van der Waals surface area (Å²) in [5, 5.41) is 13.3. The van der Waals surface area contributed by atoms with E-state index in [9.17, 15) is 5.11 Å². The first-order chi connectivity index (χ1) is 12.7. The maximum absolute atomic E-state index is 9.87. The number of hydrogen-bond donors (Lipinski definition) is 2. The van der Waals surface area contributed by atoms with Crippen molar-refractivity contribution in [1.82, 2.24) is 15.1 Å². The third-order valence-corrected chi connectivity index (χ3v) is 5.66. The van der Waals surface area contributed by atoms with E-state index in [0.29, 0.717) is 12.6 Å². The molecule has 0 spiro atoms. The van der Waals surface area contributed by atoms with Gasteiger partial charge in [0.2, 0.25) is 0 Å². The maximum Gasteiger partial charge on any atom is 0.194 e. The molecule has 1 aromatic carbocycles. The molecule has 2 aliphatic rings. The largest absolute Gasteiger partial charge is 0.391 e. The van der Waals surface area contributed by atoms with Gasteiger partial charge < -0.3 is 15.3 Å². The predicted molar refractivity (Wildman–Crippen MR) is 107 cm³/mol. The van der Waals surface area contributed by atoms with E-state index < -0.39 is 0 Å². The number of rotatable bonds is 5. The molecule has 1 aromatic rings. The normalized spacial score (nSPS) is 24.0. The molecule has 2 N–H and O–H groups in total. The number of aliphatic imine (C=N–C) groups is 1. The van der Waals surface area contributed by atoms with Gasteiger partial charge in [0.15, 0.2) is 5.96 Å². The highest BCUT2D eigenvalue weighted by molar-refractivity contribution is 5.80. The molecule has 26 heavy (non-hydrogen) atoms. The molecule has 2 aliphatic heterocycles. The molecule has 2 heterocycles. The highest BCUT2D eigenvalue weighted by Gasteiger charge is 2.26. The second-order valence-corrected chi connectivity index (χ2v) is 7.73. The zero-order valence-electron chi connectivity index (χ0n) is 16.3. The molecule has 0 amide bonds. The summed E-state index contributed by atoms with van der Waals surface area (Å²) >= 11 is 0. The lowest BCUT2D eigenvalue weighted by atomic mass is 9.96. The first kappa shape index (κ1) is 19.2. The van der Waals surface area contributed by atoms with E-state index in [0.717, 1.165) is 51.0 Å². The number of nitrogens with zero attached hydrogens (tertiary/aromatic N) is 3. The third kappa shape index (κ3) is 4.98. The smallest absolute Gasteiger partial charge is 0.194 e. The number of aliphatic hydroxyl groups is 1. The standard InChI is InChI=1S/C21H34N4O/c1-3-22-21(25-14-11-19(26)16-25)23-15-20(18-7-5-4-6-8-18)24-12-9-17(2)10-13-24/h4-8,17,19-20,26H,3,9-16H2,1-2H3,(H,22,23)/t19-,20?/m1/s1. The number of piperidine rings is 1. The molecular formula is C21H34N4O. The minimum absolute atomic E-state index is 0.229. The van der Waals surface area contributed by atoms with Crippen LogP contribution in [0.15, 0.2) is 35.3 Å². The Balaban J connectivity index is 1.75. The Morgan fingerprint density at radius 2 is 1.92 bits per heavy atom. The summed E-state index contributed by atoms with van der Waals surface area (Å²) in [5.74, 6) is 1.77. The van der Waals surface area contributed by atoms with Crippen LogP contribution in [0.1, 0.15) is 44.7 Å². The van der Waals surface area contributed by atoms with Crippen LogP contribution in [0, 0.1) is 5.92 Å². The van der Waals surface area contributed by atoms with Crippen LogP contribution in [0.3, 0.4) is 0 Å². The molecule has 0 radical (unpaired) electrons. The Hall–Kier alpha value is -1.59. The van der Waals surface area contributed by atoms with Crippen LogP contribution < -0.4 is 5.32 Å². The van der Waals surface area contributed by atoms with Gasteiger partial charge in [-0.15, -0.1) is 0 Å². The zero-order chi connectivity index (χ0) is 18.4. The summed E-state index contributed by atoms with van der Waals surface area (Å²) in [5.41, 5.74) is 1.35. The van der Waals surface area contributed by atoms with Crippen LogP contribution in [0.5, 0.6) is 0 Å². The lowest BCUT2D eigenvalue weighted by Crippen LogP contribution is -2.42. The fraction of sp³-hybridized carbons (Fsp3) is 0.667. The van der Waals surface area contributed by atoms with Crippen LogP contribution in [0.4, 0.5) is 0 Å². The van der Waals surface area contributed by atoms with Gasteiger partial charge in [-0.1, -0.05) is 37.3 Å². The van der Waals surface area contributed by atoms with Crippen molar-refractivity contribution >= 4 is 5.96 Å². The Morgan fingerprint density at radius 3 is 2.54 bits per heavy atom. The molecule has 144 valence electrons. The van der Waals surface area contributed by atoms with Crippen molar-refractivity contribution in [2.24, 2.45) is 10.9 Å². The number of hydrogen-bond acceptors (Lipinski definition) is 3. The van der Waals surface area contributed by atoms with Crippen molar-refractivity contribution in [2.45, 2.75) is 45.3 Å². The Morgan fingerprint density at radius 1 is 1.19 bits per heavy atom. The Labute approximate surface area is 158 Å². The maximum atomic E-state index is 9.87. The molecule has 5 nitrogen and oxygen atoms in total. The lowest BCUT2D eigenvalue weighted by Gasteiger charge is -2.36. The van der Waals surface area contributed by atoms with Gasteiger partial charge in [0.25, 0.3) is 0 Å². The Kier molecular flexibility index (Phi) is 6.92. The minimum atomic E-state index is -0.229. The summed E-state index contributed by atoms with van der Waals surface area (Å²) in [4.78, 5) is 9.77. The summed E-state index contributed by atoms with van der Waals surface area (Å²) < 4.78 is 0. The fourth-order valence-corrected chi connectivity index (χ4v) is 3.98. The van der Waals surface area contributed by atoms with Gasteiger partial charge in [-0.2, -0.15) is 0 Å². The van der Waals surface area contributed by atoms with Crippen molar-refractivity contribution < 1.29 is 5.11 Å². The van der Waals surface area contributed by atoms with Crippen LogP contribution >= 0.6 is 0 Å². The van der Waals surface area contributed by atoms with Crippen molar-refractivity contribution in [3.63, 3.8) is 0 Å². The molecule has 1 unspecified atom stereocenters. The van der Waals surface area contributed by atoms with Gasteiger partial charge in [0.1, 0.15) is 0 Å². The number of likely N-dealkylation sites (tertiary alicyclic amines) is 2. The van der Waals surface area contributed by atoms with Gasteiger partial charge in [0, 0.05) is 19.6 Å². The second-order valence-electron chi connectivity index (χ2n) is 7.73. The number of guanidine groups is 1. The topological polar surface area (TPSA) is 51.1 Å². The molecule has 0 aromatic heterocycles. The molecule has 0 saturated carbocycles. The van der Waals surface area contributed by atoms with Crippen LogP contribution in [-0.4, -0.2) is 66.2 Å². The minimum Gasteiger partial charge on any atom is -0.391 e. The highest BCUT2D eigenvalue weighted by atomic mass is 16.3. The summed E-state index contributed by atoms with van der Waals surface area (Å²) in [7, 11) is 0. The van der Waals surface area contributed by atoms with Gasteiger partial charge in [0.05, 0.1) is 18.7 Å². The van der Waals surface area contributed by atoms with Crippen LogP contribution in [0.2, 0.25) is 0 Å². The van der Waals surface area contributed by atoms with E-state index in [2.05, 4.69) is 59.3 Å². The summed E-state index contributed by atoms with van der Waals surface area (Å²) in [6.45, 7) is 9.92. The van der Waals surface area contributed by atoms with E-state index in [1.54, 1.807) is 0 Å². The van der Waals surface area contributed by atoms with Gasteiger partial charge >= 0.3 is 0 Å². The van der Waals surface area contributed by atoms with Crippen molar-refractivity contribution in [3.05, 3.63) is 35.9 Å².